The number of hydrogen-bond acceptors (Lipinski definition) is 3. The van der Waals surface area contributed by atoms with Crippen molar-refractivity contribution in [2.24, 2.45) is 11.7 Å². The zero-order valence-corrected chi connectivity index (χ0v) is 6.79. The van der Waals surface area contributed by atoms with Gasteiger partial charge in [-0.25, -0.2) is 0 Å². The number of primary amides is 1. The van der Waals surface area contributed by atoms with Crippen LogP contribution in [0.1, 0.15) is 20.3 Å². The van der Waals surface area contributed by atoms with Gasteiger partial charge in [-0.1, -0.05) is 6.92 Å². The Labute approximate surface area is 65.7 Å². The molecule has 0 aliphatic heterocycles. The first-order chi connectivity index (χ1) is 5.07. The third-order valence-corrected chi connectivity index (χ3v) is 1.26. The van der Waals surface area contributed by atoms with Crippen molar-refractivity contribution in [3.63, 3.8) is 0 Å². The lowest BCUT2D eigenvalue weighted by atomic mass is 10.1. The average molecular weight is 159 g/mol. The third-order valence-electron chi connectivity index (χ3n) is 1.26. The number of ether oxygens (including phenoxy) is 1. The van der Waals surface area contributed by atoms with Gasteiger partial charge in [0.2, 0.25) is 5.91 Å². The summed E-state index contributed by atoms with van der Waals surface area (Å²) in [7, 11) is 0. The van der Waals surface area contributed by atoms with Crippen molar-refractivity contribution in [1.82, 2.24) is 0 Å². The molecule has 11 heavy (non-hydrogen) atoms. The summed E-state index contributed by atoms with van der Waals surface area (Å²) in [5, 5.41) is 0. The lowest BCUT2D eigenvalue weighted by Crippen LogP contribution is -2.23. The maximum atomic E-state index is 10.7. The van der Waals surface area contributed by atoms with Gasteiger partial charge in [0.15, 0.2) is 0 Å². The molecule has 0 aliphatic rings. The molecule has 0 saturated carbocycles. The smallest absolute Gasteiger partial charge is 0.306 e. The molecule has 0 rings (SSSR count). The highest BCUT2D eigenvalue weighted by Crippen LogP contribution is 2.01. The Morgan fingerprint density at radius 2 is 2.09 bits per heavy atom. The fourth-order valence-electron chi connectivity index (χ4n) is 0.571. The first-order valence-corrected chi connectivity index (χ1v) is 3.52. The summed E-state index contributed by atoms with van der Waals surface area (Å²) in [5.74, 6) is -1.29. The largest absolute Gasteiger partial charge is 0.466 e. The number of amides is 1. The molecule has 1 atom stereocenters. The van der Waals surface area contributed by atoms with Crippen LogP contribution in [-0.4, -0.2) is 18.5 Å². The second-order valence-electron chi connectivity index (χ2n) is 2.31. The summed E-state index contributed by atoms with van der Waals surface area (Å²) in [4.78, 5) is 21.2. The molecule has 4 nitrogen and oxygen atoms in total. The van der Waals surface area contributed by atoms with Crippen LogP contribution in [0, 0.1) is 5.92 Å². The molecule has 0 saturated heterocycles. The van der Waals surface area contributed by atoms with E-state index in [-0.39, 0.29) is 12.4 Å². The highest BCUT2D eigenvalue weighted by Gasteiger charge is 2.13. The maximum Gasteiger partial charge on any atom is 0.306 e. The van der Waals surface area contributed by atoms with E-state index in [9.17, 15) is 9.59 Å². The van der Waals surface area contributed by atoms with Crippen LogP contribution in [0.2, 0.25) is 0 Å². The third kappa shape index (κ3) is 4.36. The van der Waals surface area contributed by atoms with E-state index in [0.29, 0.717) is 6.61 Å². The van der Waals surface area contributed by atoms with E-state index in [1.165, 1.54) is 0 Å². The number of rotatable bonds is 4. The van der Waals surface area contributed by atoms with Gasteiger partial charge in [0.1, 0.15) is 0 Å². The first kappa shape index (κ1) is 9.94. The number of esters is 1. The first-order valence-electron chi connectivity index (χ1n) is 3.52. The molecule has 4 heteroatoms. The quantitative estimate of drug-likeness (QED) is 0.590. The van der Waals surface area contributed by atoms with Gasteiger partial charge in [0.25, 0.3) is 0 Å². The van der Waals surface area contributed by atoms with Crippen molar-refractivity contribution in [3.8, 4) is 0 Å². The van der Waals surface area contributed by atoms with E-state index in [4.69, 9.17) is 5.73 Å². The van der Waals surface area contributed by atoms with Crippen LogP contribution in [0.4, 0.5) is 0 Å². The monoisotopic (exact) mass is 159 g/mol. The number of nitrogens with two attached hydrogens (primary N) is 1. The lowest BCUT2D eigenvalue weighted by molar-refractivity contribution is -0.145. The van der Waals surface area contributed by atoms with Gasteiger partial charge in [-0.05, 0) is 6.92 Å². The zero-order valence-electron chi connectivity index (χ0n) is 6.79. The minimum Gasteiger partial charge on any atom is -0.466 e. The Hall–Kier alpha value is -1.06. The van der Waals surface area contributed by atoms with E-state index in [0.717, 1.165) is 0 Å². The average Bonchev–Trinajstić information content (AvgIpc) is 1.87. The van der Waals surface area contributed by atoms with Crippen molar-refractivity contribution in [2.45, 2.75) is 20.3 Å². The summed E-state index contributed by atoms with van der Waals surface area (Å²) >= 11 is 0. The Morgan fingerprint density at radius 1 is 1.55 bits per heavy atom. The molecule has 0 spiro atoms. The number of carbonyl (C=O) groups excluding carboxylic acids is 2. The summed E-state index contributed by atoms with van der Waals surface area (Å²) in [6.07, 6.45) is 0.0726. The van der Waals surface area contributed by atoms with Crippen LogP contribution in [-0.2, 0) is 14.3 Å². The molecule has 0 aromatic carbocycles. The van der Waals surface area contributed by atoms with Crippen LogP contribution >= 0.6 is 0 Å². The molecular weight excluding hydrogens is 146 g/mol. The normalized spacial score (nSPS) is 12.2. The van der Waals surface area contributed by atoms with Gasteiger partial charge in [-0.15, -0.1) is 0 Å². The second-order valence-corrected chi connectivity index (χ2v) is 2.31. The Bertz CT molecular complexity index is 156. The number of hydrogen-bond donors (Lipinski definition) is 1. The van der Waals surface area contributed by atoms with Crippen LogP contribution in [0.5, 0.6) is 0 Å². The van der Waals surface area contributed by atoms with E-state index < -0.39 is 11.8 Å². The highest BCUT2D eigenvalue weighted by molar-refractivity contribution is 5.82. The predicted octanol–water partition coefficient (Wildman–Crippen LogP) is 0.0610. The fraction of sp³-hybridized carbons (Fsp3) is 0.714. The van der Waals surface area contributed by atoms with Crippen molar-refractivity contribution in [1.29, 1.82) is 0 Å². The van der Waals surface area contributed by atoms with E-state index in [1.807, 2.05) is 0 Å². The minimum atomic E-state index is -0.474. The number of carbonyl (C=O) groups is 2. The Kier molecular flexibility index (Phi) is 4.26. The van der Waals surface area contributed by atoms with Crippen LogP contribution in [0.25, 0.3) is 0 Å². The van der Waals surface area contributed by atoms with Gasteiger partial charge in [-0.3, -0.25) is 9.59 Å². The standard InChI is InChI=1S/C7H13NO3/c1-3-11-6(9)4-5(2)7(8)10/h5H,3-4H2,1-2H3,(H2,8,10). The van der Waals surface area contributed by atoms with Gasteiger partial charge >= 0.3 is 5.97 Å². The Balaban J connectivity index is 3.66. The Morgan fingerprint density at radius 3 is 2.45 bits per heavy atom. The molecule has 0 aromatic heterocycles. The van der Waals surface area contributed by atoms with Crippen LogP contribution in [0.3, 0.4) is 0 Å². The van der Waals surface area contributed by atoms with Gasteiger partial charge < -0.3 is 10.5 Å². The van der Waals surface area contributed by atoms with E-state index in [2.05, 4.69) is 4.74 Å². The van der Waals surface area contributed by atoms with E-state index >= 15 is 0 Å². The van der Waals surface area contributed by atoms with Crippen molar-refractivity contribution in [3.05, 3.63) is 0 Å². The molecule has 0 aromatic rings. The second kappa shape index (κ2) is 4.71. The molecule has 64 valence electrons. The SMILES string of the molecule is CCOC(=O)CC(C)C(N)=O. The molecule has 2 N–H and O–H groups in total. The topological polar surface area (TPSA) is 69.4 Å². The highest BCUT2D eigenvalue weighted by atomic mass is 16.5. The lowest BCUT2D eigenvalue weighted by Gasteiger charge is -2.05. The molecule has 1 amide bonds. The van der Waals surface area contributed by atoms with Gasteiger partial charge in [-0.2, -0.15) is 0 Å². The van der Waals surface area contributed by atoms with Crippen LogP contribution < -0.4 is 5.73 Å². The zero-order chi connectivity index (χ0) is 8.85. The molecule has 0 bridgehead atoms. The molecular formula is C7H13NO3. The van der Waals surface area contributed by atoms with Crippen molar-refractivity contribution >= 4 is 11.9 Å². The van der Waals surface area contributed by atoms with Crippen molar-refractivity contribution < 1.29 is 14.3 Å². The molecule has 1 unspecified atom stereocenters. The van der Waals surface area contributed by atoms with Crippen molar-refractivity contribution in [2.75, 3.05) is 6.61 Å². The minimum absolute atomic E-state index is 0.0726. The van der Waals surface area contributed by atoms with Crippen LogP contribution in [0.15, 0.2) is 0 Å². The fourth-order valence-corrected chi connectivity index (χ4v) is 0.571. The summed E-state index contributed by atoms with van der Waals surface area (Å²) in [5.41, 5.74) is 4.93. The van der Waals surface area contributed by atoms with Gasteiger partial charge in [0, 0.05) is 5.92 Å². The summed E-state index contributed by atoms with van der Waals surface area (Å²) in [6, 6.07) is 0. The molecule has 0 fully saturated rings. The van der Waals surface area contributed by atoms with Gasteiger partial charge in [0.05, 0.1) is 13.0 Å². The summed E-state index contributed by atoms with van der Waals surface area (Å²) < 4.78 is 4.62. The summed E-state index contributed by atoms with van der Waals surface area (Å²) in [6.45, 7) is 3.65. The molecule has 0 heterocycles. The predicted molar refractivity (Wildman–Crippen MR) is 39.6 cm³/mol. The molecule has 0 radical (unpaired) electrons. The molecule has 0 aliphatic carbocycles. The maximum absolute atomic E-state index is 10.7. The van der Waals surface area contributed by atoms with E-state index in [1.54, 1.807) is 13.8 Å².